The van der Waals surface area contributed by atoms with Gasteiger partial charge in [0, 0.05) is 57.6 Å². The number of hydrogen-bond donors (Lipinski definition) is 2. The Balaban J connectivity index is 1.09. The number of nitrogens with one attached hydrogen (secondary N) is 2. The van der Waals surface area contributed by atoms with E-state index in [-0.39, 0.29) is 24.2 Å². The zero-order valence-electron chi connectivity index (χ0n) is 37.5. The summed E-state index contributed by atoms with van der Waals surface area (Å²) < 4.78 is 46.8. The number of fused-ring (bicyclic) bond motifs is 3. The van der Waals surface area contributed by atoms with Crippen LogP contribution in [0.5, 0.6) is 11.5 Å². The number of amides is 3. The number of benzene rings is 3. The largest absolute Gasteiger partial charge is 0.496 e. The van der Waals surface area contributed by atoms with Crippen LogP contribution in [0.25, 0.3) is 28.1 Å². The van der Waals surface area contributed by atoms with Gasteiger partial charge in [0.25, 0.3) is 5.91 Å². The molecule has 5 rings (SSSR count). The molecule has 0 saturated carbocycles. The third-order valence-electron chi connectivity index (χ3n) is 9.89. The number of carbonyl (C=O) groups is 2. The van der Waals surface area contributed by atoms with Gasteiger partial charge < -0.3 is 53.4 Å². The van der Waals surface area contributed by atoms with Gasteiger partial charge in [-0.1, -0.05) is 35.3 Å². The van der Waals surface area contributed by atoms with E-state index in [0.717, 1.165) is 11.1 Å². The average Bonchev–Trinajstić information content (AvgIpc) is 3.67. The summed E-state index contributed by atoms with van der Waals surface area (Å²) in [6, 6.07) is 15.9. The van der Waals surface area contributed by atoms with E-state index < -0.39 is 5.54 Å². The molecule has 0 spiro atoms. The van der Waals surface area contributed by atoms with Crippen LogP contribution in [0.15, 0.2) is 59.6 Å². The van der Waals surface area contributed by atoms with E-state index >= 15 is 0 Å². The molecule has 0 fully saturated rings. The van der Waals surface area contributed by atoms with Gasteiger partial charge in [0.1, 0.15) is 18.1 Å². The second-order valence-electron chi connectivity index (χ2n) is 15.4. The van der Waals surface area contributed by atoms with Crippen LogP contribution >= 0.6 is 23.2 Å². The van der Waals surface area contributed by atoms with Gasteiger partial charge >= 0.3 is 6.03 Å². The van der Waals surface area contributed by atoms with Gasteiger partial charge in [0.2, 0.25) is 0 Å². The first-order chi connectivity index (χ1) is 30.9. The van der Waals surface area contributed by atoms with E-state index in [2.05, 4.69) is 15.6 Å². The molecule has 3 amide bonds. The number of nitrogens with zero attached hydrogens (tertiary/aromatic N) is 4. The highest BCUT2D eigenvalue weighted by atomic mass is 35.5. The highest BCUT2D eigenvalue weighted by Crippen LogP contribution is 2.46. The predicted molar refractivity (Wildman–Crippen MR) is 248 cm³/mol. The fraction of sp³-hybridized carbons (Fsp3) is 0.478. The fourth-order valence-electron chi connectivity index (χ4n) is 6.38. The highest BCUT2D eigenvalue weighted by molar-refractivity contribution is 6.34. The summed E-state index contributed by atoms with van der Waals surface area (Å²) in [6.07, 6.45) is 1.76. The Bertz CT molecular complexity index is 2140. The molecular formula is C46H60Cl2N6O10. The van der Waals surface area contributed by atoms with Crippen molar-refractivity contribution in [2.24, 2.45) is 4.99 Å². The van der Waals surface area contributed by atoms with E-state index in [0.29, 0.717) is 142 Å². The fourth-order valence-corrected chi connectivity index (χ4v) is 6.90. The molecule has 0 radical (unpaired) electrons. The number of aromatic nitrogens is 2. The Hall–Kier alpha value is -4.78. The first kappa shape index (κ1) is 50.2. The maximum atomic E-state index is 14.0. The van der Waals surface area contributed by atoms with Crippen molar-refractivity contribution in [1.29, 1.82) is 0 Å². The van der Waals surface area contributed by atoms with Crippen molar-refractivity contribution < 1.29 is 47.5 Å². The quantitative estimate of drug-likeness (QED) is 0.0471. The lowest BCUT2D eigenvalue weighted by atomic mass is 9.95. The SMILES string of the molecule is CC=NCCOCCOCCOCCOCCOCCOCCNC(=O)Nc1cccc(-c2cc3c(cc2OC)OCc2c(C(=O)N(C)C(C)(C)C)nn(-c4cc(Cl)cc(Cl)c4)c2-3)c1. The summed E-state index contributed by atoms with van der Waals surface area (Å²) in [6.45, 7) is 14.4. The lowest BCUT2D eigenvalue weighted by Crippen LogP contribution is -2.43. The summed E-state index contributed by atoms with van der Waals surface area (Å²) >= 11 is 12.9. The Labute approximate surface area is 385 Å². The maximum Gasteiger partial charge on any atom is 0.319 e. The van der Waals surface area contributed by atoms with Crippen LogP contribution in [0.2, 0.25) is 10.0 Å². The summed E-state index contributed by atoms with van der Waals surface area (Å²) in [4.78, 5) is 32.6. The molecule has 4 aromatic rings. The van der Waals surface area contributed by atoms with Crippen molar-refractivity contribution in [3.63, 3.8) is 0 Å². The molecule has 1 aliphatic rings. The smallest absolute Gasteiger partial charge is 0.319 e. The van der Waals surface area contributed by atoms with Crippen molar-refractivity contribution >= 4 is 47.0 Å². The van der Waals surface area contributed by atoms with Crippen LogP contribution in [0.3, 0.4) is 0 Å². The third-order valence-corrected chi connectivity index (χ3v) is 10.3. The summed E-state index contributed by atoms with van der Waals surface area (Å²) in [7, 11) is 3.33. The molecule has 16 nitrogen and oxygen atoms in total. The van der Waals surface area contributed by atoms with Crippen molar-refractivity contribution in [1.82, 2.24) is 20.0 Å². The van der Waals surface area contributed by atoms with Gasteiger partial charge in [-0.05, 0) is 75.9 Å². The van der Waals surface area contributed by atoms with E-state index in [4.69, 9.17) is 66.2 Å². The van der Waals surface area contributed by atoms with E-state index in [1.165, 1.54) is 0 Å². The standard InChI is InChI=1S/C46H60Cl2N6O10/c1-7-49-11-13-58-15-17-60-19-21-62-23-24-63-22-20-61-18-16-59-14-12-50-45(56)51-35-10-8-9-32(25-35)37-29-38-41(30-40(37)57-6)64-31-39-42(44(55)53(5)46(2,3)4)52-54(43(38)39)36-27-33(47)26-34(48)28-36/h7-10,25-30H,11-24,31H2,1-6H3,(H2,50,51,56). The first-order valence-electron chi connectivity index (χ1n) is 21.2. The van der Waals surface area contributed by atoms with E-state index in [9.17, 15) is 9.59 Å². The molecule has 1 aromatic heterocycles. The predicted octanol–water partition coefficient (Wildman–Crippen LogP) is 7.60. The second kappa shape index (κ2) is 25.6. The topological polar surface area (TPSA) is 165 Å². The van der Waals surface area contributed by atoms with Gasteiger partial charge in [-0.2, -0.15) is 5.10 Å². The number of rotatable bonds is 26. The molecule has 0 unspecified atom stereocenters. The van der Waals surface area contributed by atoms with Gasteiger partial charge in [-0.3, -0.25) is 9.79 Å². The lowest BCUT2D eigenvalue weighted by Gasteiger charge is -2.31. The number of hydrogen-bond acceptors (Lipinski definition) is 12. The number of halogens is 2. The number of aliphatic imine (C=N–C) groups is 1. The van der Waals surface area contributed by atoms with Crippen LogP contribution in [-0.2, 0) is 35.0 Å². The second-order valence-corrected chi connectivity index (χ2v) is 16.3. The molecule has 1 aliphatic heterocycles. The normalized spacial score (nSPS) is 12.2. The molecule has 3 aromatic carbocycles. The average molecular weight is 928 g/mol. The van der Waals surface area contributed by atoms with Crippen molar-refractivity contribution in [2.45, 2.75) is 39.8 Å². The van der Waals surface area contributed by atoms with Gasteiger partial charge in [0.05, 0.1) is 104 Å². The minimum Gasteiger partial charge on any atom is -0.496 e. The number of anilines is 1. The molecule has 0 aliphatic carbocycles. The first-order valence-corrected chi connectivity index (χ1v) is 21.9. The summed E-state index contributed by atoms with van der Waals surface area (Å²) in [5.74, 6) is 0.840. The lowest BCUT2D eigenvalue weighted by molar-refractivity contribution is -0.0161. The Kier molecular flexibility index (Phi) is 20.1. The Morgan fingerprint density at radius 1 is 0.828 bits per heavy atom. The molecule has 0 bridgehead atoms. The van der Waals surface area contributed by atoms with Crippen LogP contribution in [0.1, 0.15) is 43.7 Å². The molecule has 18 heteroatoms. The van der Waals surface area contributed by atoms with E-state index in [1.54, 1.807) is 54.2 Å². The molecule has 348 valence electrons. The zero-order chi connectivity index (χ0) is 45.9. The number of methoxy groups -OCH3 is 1. The van der Waals surface area contributed by atoms with Gasteiger partial charge in [-0.25, -0.2) is 9.48 Å². The zero-order valence-corrected chi connectivity index (χ0v) is 39.0. The summed E-state index contributed by atoms with van der Waals surface area (Å²) in [5.41, 5.74) is 4.38. The number of ether oxygens (including phenoxy) is 8. The van der Waals surface area contributed by atoms with E-state index in [1.807, 2.05) is 58.0 Å². The number of urea groups is 1. The molecule has 2 N–H and O–H groups in total. The van der Waals surface area contributed by atoms with Crippen LogP contribution in [0.4, 0.5) is 10.5 Å². The molecule has 2 heterocycles. The molecule has 0 saturated heterocycles. The molecular weight excluding hydrogens is 867 g/mol. The van der Waals surface area contributed by atoms with Crippen molar-refractivity contribution in [2.75, 3.05) is 112 Å². The van der Waals surface area contributed by atoms with Gasteiger partial charge in [0.15, 0.2) is 5.69 Å². The third kappa shape index (κ3) is 14.9. The van der Waals surface area contributed by atoms with Crippen LogP contribution in [-0.4, -0.2) is 145 Å². The van der Waals surface area contributed by atoms with Crippen molar-refractivity contribution in [3.05, 3.63) is 75.9 Å². The Morgan fingerprint density at radius 3 is 2.00 bits per heavy atom. The number of carbonyl (C=O) groups excluding carboxylic acids is 2. The van der Waals surface area contributed by atoms with Crippen molar-refractivity contribution in [3.8, 4) is 39.6 Å². The monoisotopic (exact) mass is 926 g/mol. The highest BCUT2D eigenvalue weighted by Gasteiger charge is 2.35. The Morgan fingerprint density at radius 2 is 1.42 bits per heavy atom. The molecule has 64 heavy (non-hydrogen) atoms. The van der Waals surface area contributed by atoms with Crippen LogP contribution < -0.4 is 20.1 Å². The minimum absolute atomic E-state index is 0.101. The molecule has 0 atom stereocenters. The van der Waals surface area contributed by atoms with Gasteiger partial charge in [-0.15, -0.1) is 0 Å². The van der Waals surface area contributed by atoms with Crippen LogP contribution in [0, 0.1) is 0 Å². The summed E-state index contributed by atoms with van der Waals surface area (Å²) in [5, 5.41) is 11.4. The minimum atomic E-state index is -0.465. The maximum absolute atomic E-state index is 14.0.